The van der Waals surface area contributed by atoms with E-state index in [1.807, 2.05) is 43.3 Å². The van der Waals surface area contributed by atoms with Gasteiger partial charge in [-0.1, -0.05) is 44.2 Å². The predicted molar refractivity (Wildman–Crippen MR) is 80.5 cm³/mol. The minimum absolute atomic E-state index is 0.00463. The fraction of sp³-hybridized carbons (Fsp3) is 0.294. The van der Waals surface area contributed by atoms with E-state index in [9.17, 15) is 4.79 Å². The molecule has 0 aliphatic carbocycles. The van der Waals surface area contributed by atoms with Crippen molar-refractivity contribution >= 4 is 5.91 Å². The van der Waals surface area contributed by atoms with Crippen molar-refractivity contribution in [2.45, 2.75) is 26.8 Å². The highest BCUT2D eigenvalue weighted by Gasteiger charge is 2.18. The number of aromatic nitrogens is 1. The average molecular weight is 268 g/mol. The number of nitrogens with one attached hydrogen (secondary N) is 1. The number of benzene rings is 1. The summed E-state index contributed by atoms with van der Waals surface area (Å²) >= 11 is 0. The van der Waals surface area contributed by atoms with Gasteiger partial charge in [0.1, 0.15) is 0 Å². The standard InChI is InChI=1S/C17H20N2O/c1-12(2)16(14-7-5-4-6-8-14)19-17(20)15-10-9-13(3)18-11-15/h4-12,16H,1-3H3,(H,19,20). The highest BCUT2D eigenvalue weighted by atomic mass is 16.1. The smallest absolute Gasteiger partial charge is 0.253 e. The van der Waals surface area contributed by atoms with Gasteiger partial charge in [0.15, 0.2) is 0 Å². The van der Waals surface area contributed by atoms with Crippen LogP contribution in [0.3, 0.4) is 0 Å². The quantitative estimate of drug-likeness (QED) is 0.922. The van der Waals surface area contributed by atoms with Crippen LogP contribution in [0.5, 0.6) is 0 Å². The molecule has 3 heteroatoms. The summed E-state index contributed by atoms with van der Waals surface area (Å²) in [5, 5.41) is 3.09. The third-order valence-corrected chi connectivity index (χ3v) is 3.29. The number of aryl methyl sites for hydroxylation is 1. The summed E-state index contributed by atoms with van der Waals surface area (Å²) in [4.78, 5) is 16.5. The van der Waals surface area contributed by atoms with Gasteiger partial charge in [0.25, 0.3) is 5.91 Å². The monoisotopic (exact) mass is 268 g/mol. The second-order valence-electron chi connectivity index (χ2n) is 5.29. The van der Waals surface area contributed by atoms with Crippen LogP contribution in [-0.2, 0) is 0 Å². The van der Waals surface area contributed by atoms with Crippen molar-refractivity contribution in [2.75, 3.05) is 0 Å². The maximum absolute atomic E-state index is 12.3. The summed E-state index contributed by atoms with van der Waals surface area (Å²) < 4.78 is 0. The highest BCUT2D eigenvalue weighted by molar-refractivity contribution is 5.94. The number of hydrogen-bond donors (Lipinski definition) is 1. The third-order valence-electron chi connectivity index (χ3n) is 3.29. The van der Waals surface area contributed by atoms with Gasteiger partial charge < -0.3 is 5.32 Å². The molecule has 0 bridgehead atoms. The molecule has 1 N–H and O–H groups in total. The molecule has 1 heterocycles. The van der Waals surface area contributed by atoms with Crippen LogP contribution in [0, 0.1) is 12.8 Å². The van der Waals surface area contributed by atoms with Crippen LogP contribution >= 0.6 is 0 Å². The molecule has 1 aromatic heterocycles. The van der Waals surface area contributed by atoms with Crippen molar-refractivity contribution in [3.63, 3.8) is 0 Å². The molecule has 0 aliphatic heterocycles. The lowest BCUT2D eigenvalue weighted by Crippen LogP contribution is -2.31. The number of nitrogens with zero attached hydrogens (tertiary/aromatic N) is 1. The minimum Gasteiger partial charge on any atom is -0.345 e. The van der Waals surface area contributed by atoms with E-state index in [0.29, 0.717) is 11.5 Å². The zero-order valence-electron chi connectivity index (χ0n) is 12.1. The van der Waals surface area contributed by atoms with E-state index in [4.69, 9.17) is 0 Å². The van der Waals surface area contributed by atoms with Crippen LogP contribution in [0.15, 0.2) is 48.7 Å². The summed E-state index contributed by atoms with van der Waals surface area (Å²) in [5.74, 6) is 0.236. The molecule has 3 nitrogen and oxygen atoms in total. The van der Waals surface area contributed by atoms with Crippen molar-refractivity contribution in [1.82, 2.24) is 10.3 Å². The molecule has 1 atom stereocenters. The van der Waals surface area contributed by atoms with Gasteiger partial charge >= 0.3 is 0 Å². The summed E-state index contributed by atoms with van der Waals surface area (Å²) in [6, 6.07) is 13.7. The lowest BCUT2D eigenvalue weighted by atomic mass is 9.96. The number of rotatable bonds is 4. The molecule has 1 aromatic carbocycles. The number of pyridine rings is 1. The maximum Gasteiger partial charge on any atom is 0.253 e. The normalized spacial score (nSPS) is 12.2. The fourth-order valence-corrected chi connectivity index (χ4v) is 2.12. The van der Waals surface area contributed by atoms with Crippen LogP contribution in [0.1, 0.15) is 41.5 Å². The topological polar surface area (TPSA) is 42.0 Å². The Balaban J connectivity index is 2.17. The Morgan fingerprint density at radius 3 is 2.35 bits per heavy atom. The first-order valence-electron chi connectivity index (χ1n) is 6.86. The van der Waals surface area contributed by atoms with Gasteiger partial charge in [0.2, 0.25) is 0 Å². The second kappa shape index (κ2) is 6.33. The Labute approximate surface area is 120 Å². The van der Waals surface area contributed by atoms with E-state index in [-0.39, 0.29) is 11.9 Å². The zero-order chi connectivity index (χ0) is 14.5. The van der Waals surface area contributed by atoms with Crippen LogP contribution in [0.4, 0.5) is 0 Å². The number of carbonyl (C=O) groups is 1. The molecule has 20 heavy (non-hydrogen) atoms. The third kappa shape index (κ3) is 3.44. The Morgan fingerprint density at radius 1 is 1.10 bits per heavy atom. The molecular formula is C17H20N2O. The molecule has 104 valence electrons. The number of hydrogen-bond acceptors (Lipinski definition) is 2. The summed E-state index contributed by atoms with van der Waals surface area (Å²) in [6.07, 6.45) is 1.62. The summed E-state index contributed by atoms with van der Waals surface area (Å²) in [5.41, 5.74) is 2.62. The Bertz CT molecular complexity index is 561. The van der Waals surface area contributed by atoms with E-state index in [1.165, 1.54) is 0 Å². The molecular weight excluding hydrogens is 248 g/mol. The summed E-state index contributed by atoms with van der Waals surface area (Å²) in [6.45, 7) is 6.11. The van der Waals surface area contributed by atoms with Crippen molar-refractivity contribution < 1.29 is 4.79 Å². The van der Waals surface area contributed by atoms with Crippen LogP contribution < -0.4 is 5.32 Å². The predicted octanol–water partition coefficient (Wildman–Crippen LogP) is 3.52. The van der Waals surface area contributed by atoms with Crippen LogP contribution in [0.2, 0.25) is 0 Å². The van der Waals surface area contributed by atoms with Gasteiger partial charge in [-0.25, -0.2) is 0 Å². The van der Waals surface area contributed by atoms with Crippen molar-refractivity contribution in [3.05, 3.63) is 65.5 Å². The van der Waals surface area contributed by atoms with Gasteiger partial charge in [-0.05, 0) is 30.5 Å². The molecule has 0 saturated heterocycles. The van der Waals surface area contributed by atoms with E-state index in [0.717, 1.165) is 11.3 Å². The first-order chi connectivity index (χ1) is 9.58. The van der Waals surface area contributed by atoms with E-state index in [2.05, 4.69) is 24.1 Å². The van der Waals surface area contributed by atoms with Gasteiger partial charge in [0.05, 0.1) is 11.6 Å². The van der Waals surface area contributed by atoms with E-state index < -0.39 is 0 Å². The Morgan fingerprint density at radius 2 is 1.80 bits per heavy atom. The lowest BCUT2D eigenvalue weighted by Gasteiger charge is -2.23. The first kappa shape index (κ1) is 14.3. The van der Waals surface area contributed by atoms with Crippen molar-refractivity contribution in [1.29, 1.82) is 0 Å². The van der Waals surface area contributed by atoms with E-state index in [1.54, 1.807) is 12.3 Å². The van der Waals surface area contributed by atoms with Gasteiger partial charge in [0, 0.05) is 11.9 Å². The molecule has 2 rings (SSSR count). The Kier molecular flexibility index (Phi) is 4.51. The molecule has 0 radical (unpaired) electrons. The molecule has 1 amide bonds. The number of carbonyl (C=O) groups excluding carboxylic acids is 1. The zero-order valence-corrected chi connectivity index (χ0v) is 12.1. The average Bonchev–Trinajstić information content (AvgIpc) is 2.46. The van der Waals surface area contributed by atoms with Crippen LogP contribution in [-0.4, -0.2) is 10.9 Å². The van der Waals surface area contributed by atoms with Crippen LogP contribution in [0.25, 0.3) is 0 Å². The summed E-state index contributed by atoms with van der Waals surface area (Å²) in [7, 11) is 0. The molecule has 0 aliphatic rings. The minimum atomic E-state index is -0.0833. The van der Waals surface area contributed by atoms with Gasteiger partial charge in [-0.3, -0.25) is 9.78 Å². The Hall–Kier alpha value is -2.16. The highest BCUT2D eigenvalue weighted by Crippen LogP contribution is 2.21. The van der Waals surface area contributed by atoms with Gasteiger partial charge in [-0.2, -0.15) is 0 Å². The molecule has 0 saturated carbocycles. The molecule has 0 spiro atoms. The SMILES string of the molecule is Cc1ccc(C(=O)NC(c2ccccc2)C(C)C)cn1. The molecule has 2 aromatic rings. The lowest BCUT2D eigenvalue weighted by molar-refractivity contribution is 0.0925. The maximum atomic E-state index is 12.3. The molecule has 1 unspecified atom stereocenters. The van der Waals surface area contributed by atoms with E-state index >= 15 is 0 Å². The molecule has 0 fully saturated rings. The van der Waals surface area contributed by atoms with Crippen molar-refractivity contribution in [2.24, 2.45) is 5.92 Å². The largest absolute Gasteiger partial charge is 0.345 e. The number of amides is 1. The first-order valence-corrected chi connectivity index (χ1v) is 6.86. The fourth-order valence-electron chi connectivity index (χ4n) is 2.12. The van der Waals surface area contributed by atoms with Gasteiger partial charge in [-0.15, -0.1) is 0 Å². The van der Waals surface area contributed by atoms with Crippen molar-refractivity contribution in [3.8, 4) is 0 Å². The second-order valence-corrected chi connectivity index (χ2v) is 5.29.